The number of ether oxygens (including phenoxy) is 2. The lowest BCUT2D eigenvalue weighted by molar-refractivity contribution is 0.0864. The number of likely N-dealkylation sites (tertiary alicyclic amines) is 1. The summed E-state index contributed by atoms with van der Waals surface area (Å²) in [5, 5.41) is 4.05. The van der Waals surface area contributed by atoms with Gasteiger partial charge < -0.3 is 24.6 Å². The Kier molecular flexibility index (Phi) is 6.78. The van der Waals surface area contributed by atoms with Crippen LogP contribution in [-0.2, 0) is 22.7 Å². The Morgan fingerprint density at radius 1 is 1.30 bits per heavy atom. The Bertz CT molecular complexity index is 712. The molecule has 1 fully saturated rings. The van der Waals surface area contributed by atoms with Crippen LogP contribution in [0.1, 0.15) is 43.0 Å². The van der Waals surface area contributed by atoms with Gasteiger partial charge >= 0.3 is 6.09 Å². The highest BCUT2D eigenvalue weighted by atomic mass is 16.6. The standard InChI is InChI=1S/C19H26N4O4/c1-14(20)11-25-13-17-21-18(22-27-17)16-7-9-23(10-8-16)19(24)26-12-15-5-3-2-4-6-15/h2-6,14,16H,7-13,20H2,1H3. The number of benzene rings is 1. The molecule has 0 aliphatic carbocycles. The third-order valence-electron chi connectivity index (χ3n) is 4.41. The zero-order chi connectivity index (χ0) is 19.1. The third kappa shape index (κ3) is 5.77. The van der Waals surface area contributed by atoms with Crippen LogP contribution >= 0.6 is 0 Å². The maximum Gasteiger partial charge on any atom is 0.410 e. The van der Waals surface area contributed by atoms with Crippen LogP contribution in [0.2, 0.25) is 0 Å². The molecule has 8 heteroatoms. The van der Waals surface area contributed by atoms with E-state index in [1.165, 1.54) is 0 Å². The lowest BCUT2D eigenvalue weighted by Crippen LogP contribution is -2.38. The minimum Gasteiger partial charge on any atom is -0.445 e. The molecule has 2 aromatic rings. The molecule has 27 heavy (non-hydrogen) atoms. The summed E-state index contributed by atoms with van der Waals surface area (Å²) in [5.74, 6) is 1.30. The molecule has 0 bridgehead atoms. The highest BCUT2D eigenvalue weighted by molar-refractivity contribution is 5.67. The number of amides is 1. The van der Waals surface area contributed by atoms with Crippen molar-refractivity contribution in [1.29, 1.82) is 0 Å². The molecule has 3 rings (SSSR count). The summed E-state index contributed by atoms with van der Waals surface area (Å²) in [6, 6.07) is 9.63. The van der Waals surface area contributed by atoms with Crippen molar-refractivity contribution in [3.8, 4) is 0 Å². The van der Waals surface area contributed by atoms with Crippen LogP contribution in [0.5, 0.6) is 0 Å². The van der Waals surface area contributed by atoms with Gasteiger partial charge in [-0.1, -0.05) is 35.5 Å². The smallest absolute Gasteiger partial charge is 0.410 e. The van der Waals surface area contributed by atoms with Crippen LogP contribution in [0, 0.1) is 0 Å². The molecule has 1 saturated heterocycles. The van der Waals surface area contributed by atoms with Crippen LogP contribution in [0.25, 0.3) is 0 Å². The van der Waals surface area contributed by atoms with Gasteiger partial charge in [0.05, 0.1) is 6.61 Å². The minimum absolute atomic E-state index is 0.0293. The number of carbonyl (C=O) groups excluding carboxylic acids is 1. The normalized spacial score (nSPS) is 16.3. The van der Waals surface area contributed by atoms with E-state index in [2.05, 4.69) is 10.1 Å². The van der Waals surface area contributed by atoms with Crippen LogP contribution < -0.4 is 5.73 Å². The number of hydrogen-bond acceptors (Lipinski definition) is 7. The first-order chi connectivity index (χ1) is 13.1. The molecule has 1 aromatic heterocycles. The quantitative estimate of drug-likeness (QED) is 0.794. The summed E-state index contributed by atoms with van der Waals surface area (Å²) in [6.45, 7) is 4.10. The summed E-state index contributed by atoms with van der Waals surface area (Å²) in [7, 11) is 0. The first-order valence-electron chi connectivity index (χ1n) is 9.23. The van der Waals surface area contributed by atoms with Crippen molar-refractivity contribution in [3.63, 3.8) is 0 Å². The Morgan fingerprint density at radius 2 is 2.04 bits per heavy atom. The highest BCUT2D eigenvalue weighted by Gasteiger charge is 2.27. The van der Waals surface area contributed by atoms with Gasteiger partial charge in [0.2, 0.25) is 0 Å². The zero-order valence-corrected chi connectivity index (χ0v) is 15.5. The van der Waals surface area contributed by atoms with Gasteiger partial charge in [0.1, 0.15) is 13.2 Å². The van der Waals surface area contributed by atoms with E-state index in [0.29, 0.717) is 31.4 Å². The van der Waals surface area contributed by atoms with E-state index in [0.717, 1.165) is 18.4 Å². The van der Waals surface area contributed by atoms with E-state index >= 15 is 0 Å². The van der Waals surface area contributed by atoms with Crippen molar-refractivity contribution in [2.24, 2.45) is 5.73 Å². The first-order valence-corrected chi connectivity index (χ1v) is 9.23. The second-order valence-corrected chi connectivity index (χ2v) is 6.84. The largest absolute Gasteiger partial charge is 0.445 e. The fourth-order valence-corrected chi connectivity index (χ4v) is 2.96. The lowest BCUT2D eigenvalue weighted by atomic mass is 9.96. The minimum atomic E-state index is -0.282. The Balaban J connectivity index is 1.42. The number of carbonyl (C=O) groups is 1. The van der Waals surface area contributed by atoms with Gasteiger partial charge in [-0.15, -0.1) is 0 Å². The maximum absolute atomic E-state index is 12.2. The van der Waals surface area contributed by atoms with Gasteiger partial charge in [-0.05, 0) is 25.3 Å². The molecule has 1 aliphatic rings. The molecule has 0 spiro atoms. The average Bonchev–Trinajstić information content (AvgIpc) is 3.16. The van der Waals surface area contributed by atoms with Crippen LogP contribution in [0.4, 0.5) is 4.79 Å². The van der Waals surface area contributed by atoms with Crippen molar-refractivity contribution in [2.45, 2.75) is 44.9 Å². The van der Waals surface area contributed by atoms with E-state index < -0.39 is 0 Å². The van der Waals surface area contributed by atoms with Crippen LogP contribution in [0.15, 0.2) is 34.9 Å². The Labute approximate surface area is 158 Å². The lowest BCUT2D eigenvalue weighted by Gasteiger charge is -2.29. The summed E-state index contributed by atoms with van der Waals surface area (Å²) < 4.78 is 16.0. The van der Waals surface area contributed by atoms with E-state index in [1.54, 1.807) is 4.90 Å². The average molecular weight is 374 g/mol. The van der Waals surface area contributed by atoms with Crippen molar-refractivity contribution in [3.05, 3.63) is 47.6 Å². The fraction of sp³-hybridized carbons (Fsp3) is 0.526. The van der Waals surface area contributed by atoms with Crippen molar-refractivity contribution < 1.29 is 18.8 Å². The molecule has 1 atom stereocenters. The molecule has 0 saturated carbocycles. The summed E-state index contributed by atoms with van der Waals surface area (Å²) in [5.41, 5.74) is 6.61. The molecule has 146 valence electrons. The number of nitrogens with two attached hydrogens (primary N) is 1. The zero-order valence-electron chi connectivity index (χ0n) is 15.5. The van der Waals surface area contributed by atoms with Crippen LogP contribution in [0.3, 0.4) is 0 Å². The molecule has 1 aliphatic heterocycles. The Hall–Kier alpha value is -2.45. The van der Waals surface area contributed by atoms with Gasteiger partial charge in [-0.2, -0.15) is 4.98 Å². The SMILES string of the molecule is CC(N)COCc1nc(C2CCN(C(=O)OCc3ccccc3)CC2)no1. The molecule has 1 amide bonds. The molecule has 2 heterocycles. The topological polar surface area (TPSA) is 104 Å². The molecular formula is C19H26N4O4. The number of hydrogen-bond donors (Lipinski definition) is 1. The second kappa shape index (κ2) is 9.48. The van der Waals surface area contributed by atoms with Gasteiger partial charge in [0, 0.05) is 25.0 Å². The summed E-state index contributed by atoms with van der Waals surface area (Å²) >= 11 is 0. The van der Waals surface area contributed by atoms with Crippen molar-refractivity contribution >= 4 is 6.09 Å². The number of rotatable bonds is 7. The Morgan fingerprint density at radius 3 is 2.74 bits per heavy atom. The molecule has 8 nitrogen and oxygen atoms in total. The monoisotopic (exact) mass is 374 g/mol. The fourth-order valence-electron chi connectivity index (χ4n) is 2.96. The van der Waals surface area contributed by atoms with E-state index in [9.17, 15) is 4.79 Å². The maximum atomic E-state index is 12.2. The van der Waals surface area contributed by atoms with Gasteiger partial charge in [-0.25, -0.2) is 4.79 Å². The molecular weight excluding hydrogens is 348 g/mol. The van der Waals surface area contributed by atoms with Crippen molar-refractivity contribution in [1.82, 2.24) is 15.0 Å². The highest BCUT2D eigenvalue weighted by Crippen LogP contribution is 2.26. The van der Waals surface area contributed by atoms with Crippen molar-refractivity contribution in [2.75, 3.05) is 19.7 Å². The molecule has 1 unspecified atom stereocenters. The summed E-state index contributed by atoms with van der Waals surface area (Å²) in [6.07, 6.45) is 1.27. The number of nitrogens with zero attached hydrogens (tertiary/aromatic N) is 3. The number of piperidine rings is 1. The van der Waals surface area contributed by atoms with Gasteiger partial charge in [0.25, 0.3) is 5.89 Å². The predicted molar refractivity (Wildman–Crippen MR) is 97.8 cm³/mol. The van der Waals surface area contributed by atoms with Gasteiger partial charge in [-0.3, -0.25) is 0 Å². The number of aromatic nitrogens is 2. The first kappa shape index (κ1) is 19.3. The van der Waals surface area contributed by atoms with E-state index in [-0.39, 0.29) is 31.3 Å². The van der Waals surface area contributed by atoms with Gasteiger partial charge in [0.15, 0.2) is 5.82 Å². The van der Waals surface area contributed by atoms with Crippen LogP contribution in [-0.4, -0.2) is 46.9 Å². The predicted octanol–water partition coefficient (Wildman–Crippen LogP) is 2.45. The summed E-state index contributed by atoms with van der Waals surface area (Å²) in [4.78, 5) is 18.3. The van der Waals surface area contributed by atoms with E-state index in [1.807, 2.05) is 37.3 Å². The molecule has 0 radical (unpaired) electrons. The molecule has 1 aromatic carbocycles. The van der Waals surface area contributed by atoms with E-state index in [4.69, 9.17) is 19.7 Å². The molecule has 2 N–H and O–H groups in total. The second-order valence-electron chi connectivity index (χ2n) is 6.84. The third-order valence-corrected chi connectivity index (χ3v) is 4.41.